The molecule has 0 aliphatic carbocycles. The number of nitrogens with two attached hydrogens (primary N) is 1. The Kier molecular flexibility index (Phi) is 4.05. The van der Waals surface area contributed by atoms with Crippen molar-refractivity contribution in [2.75, 3.05) is 7.11 Å². The van der Waals surface area contributed by atoms with Gasteiger partial charge >= 0.3 is 5.97 Å². The van der Waals surface area contributed by atoms with Gasteiger partial charge in [0.05, 0.1) is 13.5 Å². The topological polar surface area (TPSA) is 52.3 Å². The summed E-state index contributed by atoms with van der Waals surface area (Å²) in [5.74, 6) is -1.01. The Labute approximate surface area is 92.0 Å². The molecule has 0 fully saturated rings. The van der Waals surface area contributed by atoms with Crippen molar-refractivity contribution in [1.82, 2.24) is 0 Å². The number of carbonyl (C=O) groups is 1. The summed E-state index contributed by atoms with van der Waals surface area (Å²) in [7, 11) is 1.25. The quantitative estimate of drug-likeness (QED) is 0.810. The van der Waals surface area contributed by atoms with Gasteiger partial charge in [0.2, 0.25) is 0 Å². The van der Waals surface area contributed by atoms with E-state index in [2.05, 4.69) is 4.74 Å². The molecule has 82 valence electrons. The van der Waals surface area contributed by atoms with Crippen LogP contribution in [0.3, 0.4) is 0 Å². The summed E-state index contributed by atoms with van der Waals surface area (Å²) in [5.41, 5.74) is 5.79. The van der Waals surface area contributed by atoms with Crippen LogP contribution in [0, 0.1) is 5.82 Å². The summed E-state index contributed by atoms with van der Waals surface area (Å²) in [4.78, 5) is 11.0. The summed E-state index contributed by atoms with van der Waals surface area (Å²) in [6.45, 7) is 0. The molecule has 5 heteroatoms. The van der Waals surface area contributed by atoms with Crippen molar-refractivity contribution >= 4 is 17.6 Å². The van der Waals surface area contributed by atoms with Crippen LogP contribution >= 0.6 is 11.6 Å². The summed E-state index contributed by atoms with van der Waals surface area (Å²) >= 11 is 5.78. The smallest absolute Gasteiger partial charge is 0.307 e. The van der Waals surface area contributed by atoms with Gasteiger partial charge in [0, 0.05) is 16.6 Å². The van der Waals surface area contributed by atoms with E-state index in [0.29, 0.717) is 0 Å². The highest BCUT2D eigenvalue weighted by atomic mass is 35.5. The van der Waals surface area contributed by atoms with Crippen molar-refractivity contribution in [3.8, 4) is 0 Å². The fraction of sp³-hybridized carbons (Fsp3) is 0.300. The molecule has 0 spiro atoms. The van der Waals surface area contributed by atoms with E-state index < -0.39 is 17.8 Å². The second kappa shape index (κ2) is 5.09. The van der Waals surface area contributed by atoms with Crippen LogP contribution in [0.15, 0.2) is 18.2 Å². The molecule has 0 aromatic heterocycles. The lowest BCUT2D eigenvalue weighted by Gasteiger charge is -2.13. The van der Waals surface area contributed by atoms with Crippen molar-refractivity contribution < 1.29 is 13.9 Å². The average molecular weight is 232 g/mol. The number of benzene rings is 1. The van der Waals surface area contributed by atoms with Crippen molar-refractivity contribution in [3.63, 3.8) is 0 Å². The minimum Gasteiger partial charge on any atom is -0.469 e. The highest BCUT2D eigenvalue weighted by molar-refractivity contribution is 6.31. The second-order valence-electron chi connectivity index (χ2n) is 3.02. The lowest BCUT2D eigenvalue weighted by molar-refractivity contribution is -0.141. The van der Waals surface area contributed by atoms with E-state index in [1.165, 1.54) is 25.3 Å². The first-order valence-electron chi connectivity index (χ1n) is 4.32. The lowest BCUT2D eigenvalue weighted by Crippen LogP contribution is -2.18. The van der Waals surface area contributed by atoms with Gasteiger partial charge in [0.25, 0.3) is 0 Å². The predicted octanol–water partition coefficient (Wildman–Crippen LogP) is 2.04. The lowest BCUT2D eigenvalue weighted by atomic mass is 10.0. The van der Waals surface area contributed by atoms with E-state index in [4.69, 9.17) is 17.3 Å². The van der Waals surface area contributed by atoms with E-state index in [9.17, 15) is 9.18 Å². The summed E-state index contributed by atoms with van der Waals surface area (Å²) in [5, 5.41) is 0.214. The van der Waals surface area contributed by atoms with Crippen LogP contribution in [-0.4, -0.2) is 13.1 Å². The van der Waals surface area contributed by atoms with Crippen LogP contribution < -0.4 is 5.73 Å². The highest BCUT2D eigenvalue weighted by Crippen LogP contribution is 2.26. The van der Waals surface area contributed by atoms with Gasteiger partial charge in [-0.15, -0.1) is 0 Å². The molecule has 1 aromatic rings. The van der Waals surface area contributed by atoms with Crippen LogP contribution in [0.1, 0.15) is 18.0 Å². The molecule has 2 N–H and O–H groups in total. The van der Waals surface area contributed by atoms with Crippen LogP contribution in [-0.2, 0) is 9.53 Å². The fourth-order valence-corrected chi connectivity index (χ4v) is 1.53. The Hall–Kier alpha value is -1.13. The third kappa shape index (κ3) is 2.91. The molecule has 0 bridgehead atoms. The molecule has 0 amide bonds. The number of methoxy groups -OCH3 is 1. The number of halogens is 2. The number of hydrogen-bond acceptors (Lipinski definition) is 3. The Morgan fingerprint density at radius 2 is 2.33 bits per heavy atom. The van der Waals surface area contributed by atoms with Crippen molar-refractivity contribution in [1.29, 1.82) is 0 Å². The predicted molar refractivity (Wildman–Crippen MR) is 55.0 cm³/mol. The van der Waals surface area contributed by atoms with Crippen molar-refractivity contribution in [2.45, 2.75) is 12.5 Å². The minimum atomic E-state index is -0.786. The molecule has 0 unspecified atom stereocenters. The van der Waals surface area contributed by atoms with E-state index in [-0.39, 0.29) is 17.0 Å². The summed E-state index contributed by atoms with van der Waals surface area (Å²) in [6.07, 6.45) is -0.100. The zero-order valence-electron chi connectivity index (χ0n) is 8.17. The van der Waals surface area contributed by atoms with Gasteiger partial charge in [-0.1, -0.05) is 17.7 Å². The number of esters is 1. The monoisotopic (exact) mass is 231 g/mol. The van der Waals surface area contributed by atoms with E-state index in [1.54, 1.807) is 0 Å². The number of carbonyl (C=O) groups excluding carboxylic acids is 1. The van der Waals surface area contributed by atoms with E-state index in [1.807, 2.05) is 0 Å². The molecule has 1 rings (SSSR count). The van der Waals surface area contributed by atoms with Crippen molar-refractivity contribution in [3.05, 3.63) is 34.6 Å². The molecule has 0 heterocycles. The molecule has 0 radical (unpaired) electrons. The van der Waals surface area contributed by atoms with Crippen LogP contribution in [0.5, 0.6) is 0 Å². The Morgan fingerprint density at radius 3 is 2.87 bits per heavy atom. The number of hydrogen-bond donors (Lipinski definition) is 1. The molecule has 0 saturated carbocycles. The Balaban J connectivity index is 2.90. The van der Waals surface area contributed by atoms with Crippen molar-refractivity contribution in [2.24, 2.45) is 5.73 Å². The minimum absolute atomic E-state index is 0.100. The first-order valence-corrected chi connectivity index (χ1v) is 4.70. The van der Waals surface area contributed by atoms with Crippen LogP contribution in [0.25, 0.3) is 0 Å². The fourth-order valence-electron chi connectivity index (χ4n) is 1.23. The standard InChI is InChI=1S/C10H11ClFNO2/c1-15-9(14)5-8(13)10-6(11)3-2-4-7(10)12/h2-4,8H,5,13H2,1H3/t8-/m1/s1. The molecular formula is C10H11ClFNO2. The number of ether oxygens (including phenoxy) is 1. The maximum Gasteiger partial charge on any atom is 0.307 e. The Morgan fingerprint density at radius 1 is 1.67 bits per heavy atom. The zero-order valence-corrected chi connectivity index (χ0v) is 8.92. The number of rotatable bonds is 3. The maximum absolute atomic E-state index is 13.3. The van der Waals surface area contributed by atoms with Gasteiger partial charge in [0.15, 0.2) is 0 Å². The van der Waals surface area contributed by atoms with Gasteiger partial charge in [-0.25, -0.2) is 4.39 Å². The first kappa shape index (κ1) is 11.9. The zero-order chi connectivity index (χ0) is 11.4. The first-order chi connectivity index (χ1) is 7.06. The third-order valence-corrected chi connectivity index (χ3v) is 2.31. The molecule has 1 atom stereocenters. The molecule has 0 aliphatic heterocycles. The molecular weight excluding hydrogens is 221 g/mol. The Bertz CT molecular complexity index is 350. The molecule has 3 nitrogen and oxygen atoms in total. The van der Waals surface area contributed by atoms with Gasteiger partial charge < -0.3 is 10.5 Å². The van der Waals surface area contributed by atoms with E-state index >= 15 is 0 Å². The van der Waals surface area contributed by atoms with Gasteiger partial charge in [-0.2, -0.15) is 0 Å². The van der Waals surface area contributed by atoms with Gasteiger partial charge in [0.1, 0.15) is 5.82 Å². The normalized spacial score (nSPS) is 12.3. The second-order valence-corrected chi connectivity index (χ2v) is 3.43. The maximum atomic E-state index is 13.3. The van der Waals surface area contributed by atoms with E-state index in [0.717, 1.165) is 0 Å². The summed E-state index contributed by atoms with van der Waals surface area (Å²) in [6, 6.07) is 3.47. The SMILES string of the molecule is COC(=O)C[C@@H](N)c1c(F)cccc1Cl. The highest BCUT2D eigenvalue weighted by Gasteiger charge is 2.18. The third-order valence-electron chi connectivity index (χ3n) is 1.98. The summed E-state index contributed by atoms with van der Waals surface area (Å²) < 4.78 is 17.8. The average Bonchev–Trinajstić information content (AvgIpc) is 2.17. The van der Waals surface area contributed by atoms with Gasteiger partial charge in [-0.3, -0.25) is 4.79 Å². The molecule has 15 heavy (non-hydrogen) atoms. The van der Waals surface area contributed by atoms with Gasteiger partial charge in [-0.05, 0) is 12.1 Å². The molecule has 1 aromatic carbocycles. The molecule has 0 saturated heterocycles. The van der Waals surface area contributed by atoms with Crippen LogP contribution in [0.2, 0.25) is 5.02 Å². The molecule has 0 aliphatic rings. The largest absolute Gasteiger partial charge is 0.469 e. The van der Waals surface area contributed by atoms with Crippen LogP contribution in [0.4, 0.5) is 4.39 Å².